The number of imidazole rings is 1. The Balaban J connectivity index is 1.43. The maximum atomic E-state index is 12.0. The van der Waals surface area contributed by atoms with Gasteiger partial charge in [0.1, 0.15) is 18.2 Å². The summed E-state index contributed by atoms with van der Waals surface area (Å²) in [5, 5.41) is 5.66. The molecule has 0 unspecified atom stereocenters. The number of carbonyl (C=O) groups excluding carboxylic acids is 1. The van der Waals surface area contributed by atoms with Crippen molar-refractivity contribution >= 4 is 6.03 Å². The molecule has 0 aliphatic rings. The van der Waals surface area contributed by atoms with Gasteiger partial charge in [0.2, 0.25) is 0 Å². The summed E-state index contributed by atoms with van der Waals surface area (Å²) in [5.41, 5.74) is 3.12. The second-order valence-corrected chi connectivity index (χ2v) is 6.34. The number of nitrogens with one attached hydrogen (secondary N) is 3. The van der Waals surface area contributed by atoms with Gasteiger partial charge in [0.05, 0.1) is 24.5 Å². The molecule has 27 heavy (non-hydrogen) atoms. The van der Waals surface area contributed by atoms with Gasteiger partial charge in [0.25, 0.3) is 0 Å². The van der Waals surface area contributed by atoms with Crippen LogP contribution in [0.3, 0.4) is 0 Å². The first-order chi connectivity index (χ1) is 13.1. The normalized spacial score (nSPS) is 11.6. The van der Waals surface area contributed by atoms with Gasteiger partial charge in [-0.05, 0) is 37.1 Å². The zero-order valence-corrected chi connectivity index (χ0v) is 15.5. The van der Waals surface area contributed by atoms with E-state index in [1.807, 2.05) is 68.4 Å². The molecule has 2 aromatic carbocycles. The van der Waals surface area contributed by atoms with E-state index >= 15 is 0 Å². The lowest BCUT2D eigenvalue weighted by Crippen LogP contribution is -2.39. The molecule has 3 N–H and O–H groups in total. The maximum Gasteiger partial charge on any atom is 0.315 e. The van der Waals surface area contributed by atoms with E-state index in [1.54, 1.807) is 6.20 Å². The minimum atomic E-state index is -0.256. The first-order valence-electron chi connectivity index (χ1n) is 8.96. The van der Waals surface area contributed by atoms with E-state index in [0.29, 0.717) is 19.0 Å². The highest BCUT2D eigenvalue weighted by Gasteiger charge is 2.13. The lowest BCUT2D eigenvalue weighted by Gasteiger charge is -2.13. The second-order valence-electron chi connectivity index (χ2n) is 6.34. The molecule has 6 nitrogen and oxygen atoms in total. The van der Waals surface area contributed by atoms with Gasteiger partial charge < -0.3 is 20.4 Å². The fourth-order valence-electron chi connectivity index (χ4n) is 2.68. The quantitative estimate of drug-likeness (QED) is 0.558. The number of ether oxygens (including phenoxy) is 1. The Hall–Kier alpha value is -3.28. The summed E-state index contributed by atoms with van der Waals surface area (Å²) in [4.78, 5) is 19.7. The number of amides is 2. The molecule has 3 aromatic rings. The number of urea groups is 1. The summed E-state index contributed by atoms with van der Waals surface area (Å²) in [6.07, 6.45) is 1.77. The molecule has 3 rings (SSSR count). The van der Waals surface area contributed by atoms with E-state index in [0.717, 1.165) is 22.6 Å². The Bertz CT molecular complexity index is 877. The monoisotopic (exact) mass is 364 g/mol. The minimum absolute atomic E-state index is 0.236. The number of rotatable bonds is 7. The van der Waals surface area contributed by atoms with E-state index in [9.17, 15) is 4.79 Å². The molecule has 2 amide bonds. The highest BCUT2D eigenvalue weighted by molar-refractivity contribution is 5.74. The van der Waals surface area contributed by atoms with Crippen LogP contribution >= 0.6 is 0 Å². The number of aromatic amines is 1. The Morgan fingerprint density at radius 3 is 2.78 bits per heavy atom. The van der Waals surface area contributed by atoms with Crippen LogP contribution < -0.4 is 15.4 Å². The Kier molecular flexibility index (Phi) is 6.10. The summed E-state index contributed by atoms with van der Waals surface area (Å²) in [7, 11) is 0. The lowest BCUT2D eigenvalue weighted by molar-refractivity contribution is 0.233. The van der Waals surface area contributed by atoms with Crippen LogP contribution in [0.2, 0.25) is 0 Å². The van der Waals surface area contributed by atoms with Crippen LogP contribution in [-0.2, 0) is 0 Å². The molecule has 1 atom stereocenters. The number of hydrogen-bond donors (Lipinski definition) is 3. The Morgan fingerprint density at radius 1 is 1.19 bits per heavy atom. The zero-order valence-electron chi connectivity index (χ0n) is 15.5. The van der Waals surface area contributed by atoms with Crippen LogP contribution in [0.4, 0.5) is 4.79 Å². The van der Waals surface area contributed by atoms with Crippen molar-refractivity contribution in [3.8, 4) is 17.0 Å². The van der Waals surface area contributed by atoms with Gasteiger partial charge in [-0.2, -0.15) is 0 Å². The van der Waals surface area contributed by atoms with E-state index in [-0.39, 0.29) is 12.1 Å². The Morgan fingerprint density at radius 2 is 2.00 bits per heavy atom. The fourth-order valence-corrected chi connectivity index (χ4v) is 2.68. The van der Waals surface area contributed by atoms with Crippen LogP contribution in [0, 0.1) is 6.92 Å². The van der Waals surface area contributed by atoms with Gasteiger partial charge in [-0.15, -0.1) is 0 Å². The van der Waals surface area contributed by atoms with Gasteiger partial charge in [0, 0.05) is 0 Å². The first kappa shape index (κ1) is 18.5. The number of nitrogens with zero attached hydrogens (tertiary/aromatic N) is 1. The number of aromatic nitrogens is 2. The van der Waals surface area contributed by atoms with Crippen molar-refractivity contribution in [1.29, 1.82) is 0 Å². The molecule has 0 saturated carbocycles. The fraction of sp³-hybridized carbons (Fsp3) is 0.238. The topological polar surface area (TPSA) is 79.0 Å². The standard InChI is InChI=1S/C21H24N4O2/c1-15-7-6-10-18(13-15)27-12-11-22-21(26)24-16(2)20-23-14-19(25-20)17-8-4-3-5-9-17/h3-10,13-14,16H,11-12H2,1-2H3,(H,23,25)(H2,22,24,26)/t16-/m0/s1. The zero-order chi connectivity index (χ0) is 19.1. The summed E-state index contributed by atoms with van der Waals surface area (Å²) in [5.74, 6) is 1.51. The van der Waals surface area contributed by atoms with Crippen molar-refractivity contribution in [3.05, 3.63) is 72.2 Å². The van der Waals surface area contributed by atoms with Crippen molar-refractivity contribution in [1.82, 2.24) is 20.6 Å². The van der Waals surface area contributed by atoms with Crippen molar-refractivity contribution < 1.29 is 9.53 Å². The lowest BCUT2D eigenvalue weighted by atomic mass is 10.2. The molecule has 1 heterocycles. The molecule has 0 aliphatic carbocycles. The number of aryl methyl sites for hydroxylation is 1. The summed E-state index contributed by atoms with van der Waals surface area (Å²) in [6.45, 7) is 4.72. The van der Waals surface area contributed by atoms with Gasteiger partial charge in [-0.3, -0.25) is 0 Å². The molecule has 6 heteroatoms. The van der Waals surface area contributed by atoms with Crippen LogP contribution in [0.5, 0.6) is 5.75 Å². The molecule has 0 saturated heterocycles. The third kappa shape index (κ3) is 5.34. The van der Waals surface area contributed by atoms with Crippen molar-refractivity contribution in [2.24, 2.45) is 0 Å². The molecule has 140 valence electrons. The molecule has 0 spiro atoms. The largest absolute Gasteiger partial charge is 0.492 e. The van der Waals surface area contributed by atoms with Crippen LogP contribution in [-0.4, -0.2) is 29.2 Å². The van der Waals surface area contributed by atoms with Gasteiger partial charge >= 0.3 is 6.03 Å². The number of benzene rings is 2. The van der Waals surface area contributed by atoms with Gasteiger partial charge in [-0.1, -0.05) is 42.5 Å². The van der Waals surface area contributed by atoms with E-state index in [4.69, 9.17) is 4.74 Å². The third-order valence-corrected chi connectivity index (χ3v) is 4.08. The molecular weight excluding hydrogens is 340 g/mol. The van der Waals surface area contributed by atoms with Crippen molar-refractivity contribution in [2.45, 2.75) is 19.9 Å². The molecule has 1 aromatic heterocycles. The smallest absolute Gasteiger partial charge is 0.315 e. The number of carbonyl (C=O) groups is 1. The van der Waals surface area contributed by atoms with E-state index < -0.39 is 0 Å². The average molecular weight is 364 g/mol. The molecule has 0 radical (unpaired) electrons. The van der Waals surface area contributed by atoms with Crippen molar-refractivity contribution in [3.63, 3.8) is 0 Å². The summed E-state index contributed by atoms with van der Waals surface area (Å²) in [6, 6.07) is 17.3. The predicted molar refractivity (Wildman–Crippen MR) is 106 cm³/mol. The highest BCUT2D eigenvalue weighted by atomic mass is 16.5. The Labute approximate surface area is 159 Å². The molecule has 0 fully saturated rings. The minimum Gasteiger partial charge on any atom is -0.492 e. The van der Waals surface area contributed by atoms with E-state index in [2.05, 4.69) is 20.6 Å². The van der Waals surface area contributed by atoms with Crippen molar-refractivity contribution in [2.75, 3.05) is 13.2 Å². The van der Waals surface area contributed by atoms with Gasteiger partial charge in [-0.25, -0.2) is 9.78 Å². The first-order valence-corrected chi connectivity index (χ1v) is 8.96. The number of hydrogen-bond acceptors (Lipinski definition) is 3. The molecule has 0 bridgehead atoms. The van der Waals surface area contributed by atoms with Crippen LogP contribution in [0.1, 0.15) is 24.4 Å². The van der Waals surface area contributed by atoms with E-state index in [1.165, 1.54) is 0 Å². The molecule has 0 aliphatic heterocycles. The highest BCUT2D eigenvalue weighted by Crippen LogP contribution is 2.18. The third-order valence-electron chi connectivity index (χ3n) is 4.08. The predicted octanol–water partition coefficient (Wildman–Crippen LogP) is 3.82. The summed E-state index contributed by atoms with van der Waals surface area (Å²) < 4.78 is 5.62. The van der Waals surface area contributed by atoms with Gasteiger partial charge in [0.15, 0.2) is 0 Å². The maximum absolute atomic E-state index is 12.0. The number of H-pyrrole nitrogens is 1. The second kappa shape index (κ2) is 8.89. The summed E-state index contributed by atoms with van der Waals surface area (Å²) >= 11 is 0. The van der Waals surface area contributed by atoms with Crippen LogP contribution in [0.15, 0.2) is 60.8 Å². The SMILES string of the molecule is Cc1cccc(OCCNC(=O)N[C@@H](C)c2ncc(-c3ccccc3)[nH]2)c1. The molecular formula is C21H24N4O2. The average Bonchev–Trinajstić information content (AvgIpc) is 3.16. The van der Waals surface area contributed by atoms with Crippen LogP contribution in [0.25, 0.3) is 11.3 Å².